The van der Waals surface area contributed by atoms with Crippen molar-refractivity contribution in [2.24, 2.45) is 10.7 Å². The van der Waals surface area contributed by atoms with Crippen LogP contribution in [0, 0.1) is 0 Å². The molecule has 0 radical (unpaired) electrons. The molecule has 5 amide bonds. The first-order chi connectivity index (χ1) is 13.5. The standard InChI is InChI=1S/C15H18N4O10/c1-5(20)26-4-8-9(27-6(2)21)10(28-7(3)22)13(29-8)19-11(17-14(16)24)12(23)18-15(19)25/h8-10,13H,4H2,1-3H3,(H2,16,24)(H,18,23,25)/b17-11+/t8-,9-,10-,13-/m1/s1. The number of ether oxygens (including phenoxy) is 4. The van der Waals surface area contributed by atoms with Gasteiger partial charge in [-0.3, -0.25) is 24.5 Å². The van der Waals surface area contributed by atoms with Gasteiger partial charge in [0, 0.05) is 20.8 Å². The van der Waals surface area contributed by atoms with Gasteiger partial charge in [-0.15, -0.1) is 0 Å². The number of urea groups is 2. The number of rotatable bonds is 5. The average molecular weight is 414 g/mol. The van der Waals surface area contributed by atoms with Gasteiger partial charge in [-0.2, -0.15) is 4.99 Å². The van der Waals surface area contributed by atoms with Crippen LogP contribution >= 0.6 is 0 Å². The van der Waals surface area contributed by atoms with E-state index in [2.05, 4.69) is 4.99 Å². The van der Waals surface area contributed by atoms with Crippen molar-refractivity contribution in [3.05, 3.63) is 0 Å². The zero-order chi connectivity index (χ0) is 21.9. The lowest BCUT2D eigenvalue weighted by atomic mass is 10.1. The summed E-state index contributed by atoms with van der Waals surface area (Å²) in [5, 5.41) is 1.89. The minimum atomic E-state index is -1.55. The van der Waals surface area contributed by atoms with Gasteiger partial charge in [0.05, 0.1) is 0 Å². The van der Waals surface area contributed by atoms with Crippen LogP contribution in [0.5, 0.6) is 0 Å². The van der Waals surface area contributed by atoms with Gasteiger partial charge in [-0.05, 0) is 0 Å². The Labute approximate surface area is 163 Å². The third-order valence-electron chi connectivity index (χ3n) is 3.68. The molecule has 0 aromatic carbocycles. The highest BCUT2D eigenvalue weighted by atomic mass is 16.7. The zero-order valence-corrected chi connectivity index (χ0v) is 15.6. The smallest absolute Gasteiger partial charge is 0.340 e. The van der Waals surface area contributed by atoms with Crippen LogP contribution in [0.4, 0.5) is 9.59 Å². The number of hydrogen-bond acceptors (Lipinski definition) is 10. The molecule has 158 valence electrons. The van der Waals surface area contributed by atoms with Gasteiger partial charge < -0.3 is 24.7 Å². The summed E-state index contributed by atoms with van der Waals surface area (Å²) in [7, 11) is 0. The van der Waals surface area contributed by atoms with Crippen LogP contribution < -0.4 is 11.1 Å². The van der Waals surface area contributed by atoms with E-state index in [9.17, 15) is 28.8 Å². The van der Waals surface area contributed by atoms with Gasteiger partial charge >= 0.3 is 30.0 Å². The molecule has 14 heteroatoms. The number of amidine groups is 1. The van der Waals surface area contributed by atoms with Crippen molar-refractivity contribution in [1.82, 2.24) is 10.2 Å². The monoisotopic (exact) mass is 414 g/mol. The number of nitrogens with two attached hydrogens (primary N) is 1. The fourth-order valence-electron chi connectivity index (χ4n) is 2.76. The molecule has 0 aliphatic carbocycles. The van der Waals surface area contributed by atoms with E-state index in [0.717, 1.165) is 20.8 Å². The maximum absolute atomic E-state index is 12.2. The molecule has 3 N–H and O–H groups in total. The first kappa shape index (κ1) is 21.7. The van der Waals surface area contributed by atoms with E-state index in [1.54, 1.807) is 0 Å². The van der Waals surface area contributed by atoms with Gasteiger partial charge in [0.25, 0.3) is 5.91 Å². The first-order valence-electron chi connectivity index (χ1n) is 8.17. The van der Waals surface area contributed by atoms with E-state index in [1.165, 1.54) is 0 Å². The Balaban J connectivity index is 2.45. The molecule has 2 aliphatic heterocycles. The Bertz CT molecular complexity index is 794. The lowest BCUT2D eigenvalue weighted by molar-refractivity contribution is -0.166. The SMILES string of the molecule is CC(=O)OC[C@H]1O[C@@H](N2C(=O)NC(=O)/C2=N\C(N)=O)[C@H](OC(C)=O)[C@@H]1OC(C)=O. The largest absolute Gasteiger partial charge is 0.463 e. The van der Waals surface area contributed by atoms with Crippen LogP contribution in [0.1, 0.15) is 20.8 Å². The second kappa shape index (κ2) is 8.64. The summed E-state index contributed by atoms with van der Waals surface area (Å²) in [6.45, 7) is 2.83. The maximum atomic E-state index is 12.2. The number of carbonyl (C=O) groups excluding carboxylic acids is 6. The van der Waals surface area contributed by atoms with Crippen LogP contribution in [0.2, 0.25) is 0 Å². The number of aliphatic imine (C=N–C) groups is 1. The highest BCUT2D eigenvalue weighted by Gasteiger charge is 2.56. The molecule has 2 heterocycles. The number of hydrogen-bond donors (Lipinski definition) is 2. The molecule has 14 nitrogen and oxygen atoms in total. The van der Waals surface area contributed by atoms with E-state index in [0.29, 0.717) is 4.90 Å². The number of nitrogens with one attached hydrogen (secondary N) is 1. The Morgan fingerprint density at radius 1 is 1.07 bits per heavy atom. The normalized spacial score (nSPS) is 27.6. The highest BCUT2D eigenvalue weighted by molar-refractivity contribution is 6.48. The van der Waals surface area contributed by atoms with Gasteiger partial charge in [0.2, 0.25) is 5.84 Å². The fourth-order valence-corrected chi connectivity index (χ4v) is 2.76. The fraction of sp³-hybridized carbons (Fsp3) is 0.533. The van der Waals surface area contributed by atoms with E-state index in [4.69, 9.17) is 24.7 Å². The molecular weight excluding hydrogens is 396 g/mol. The van der Waals surface area contributed by atoms with E-state index < -0.39 is 72.9 Å². The van der Waals surface area contributed by atoms with Crippen molar-refractivity contribution >= 4 is 41.7 Å². The van der Waals surface area contributed by atoms with Gasteiger partial charge in [-0.25, -0.2) is 14.5 Å². The second-order valence-electron chi connectivity index (χ2n) is 5.92. The van der Waals surface area contributed by atoms with E-state index in [1.807, 2.05) is 5.32 Å². The number of primary amides is 1. The van der Waals surface area contributed by atoms with Crippen LogP contribution in [0.15, 0.2) is 4.99 Å². The molecular formula is C15H18N4O10. The zero-order valence-electron chi connectivity index (χ0n) is 15.6. The van der Waals surface area contributed by atoms with Crippen molar-refractivity contribution in [1.29, 1.82) is 0 Å². The molecule has 0 spiro atoms. The third-order valence-corrected chi connectivity index (χ3v) is 3.68. The lowest BCUT2D eigenvalue weighted by Crippen LogP contribution is -2.50. The topological polar surface area (TPSA) is 193 Å². The summed E-state index contributed by atoms with van der Waals surface area (Å²) in [6, 6.07) is -2.32. The van der Waals surface area contributed by atoms with E-state index in [-0.39, 0.29) is 0 Å². The molecule has 0 unspecified atom stereocenters. The number of imide groups is 1. The quantitative estimate of drug-likeness (QED) is 0.293. The highest BCUT2D eigenvalue weighted by Crippen LogP contribution is 2.31. The summed E-state index contributed by atoms with van der Waals surface area (Å²) >= 11 is 0. The van der Waals surface area contributed by atoms with Crippen LogP contribution in [-0.4, -0.2) is 77.8 Å². The molecule has 29 heavy (non-hydrogen) atoms. The second-order valence-corrected chi connectivity index (χ2v) is 5.92. The Hall–Kier alpha value is -3.55. The van der Waals surface area contributed by atoms with Crippen molar-refractivity contribution < 1.29 is 47.7 Å². The Morgan fingerprint density at radius 3 is 2.17 bits per heavy atom. The average Bonchev–Trinajstić information content (AvgIpc) is 3.02. The molecule has 4 atom stereocenters. The lowest BCUT2D eigenvalue weighted by Gasteiger charge is -2.27. The number of esters is 3. The Kier molecular flexibility index (Phi) is 6.48. The third kappa shape index (κ3) is 5.04. The summed E-state index contributed by atoms with van der Waals surface area (Å²) in [4.78, 5) is 73.4. The summed E-state index contributed by atoms with van der Waals surface area (Å²) < 4.78 is 20.7. The number of carbonyl (C=O) groups is 6. The summed E-state index contributed by atoms with van der Waals surface area (Å²) in [5.74, 6) is -4.04. The van der Waals surface area contributed by atoms with Crippen molar-refractivity contribution in [2.45, 2.75) is 45.3 Å². The minimum Gasteiger partial charge on any atom is -0.463 e. The van der Waals surface area contributed by atoms with Crippen molar-refractivity contribution in [2.75, 3.05) is 6.61 Å². The molecule has 0 saturated carbocycles. The number of amides is 5. The van der Waals surface area contributed by atoms with Gasteiger partial charge in [0.1, 0.15) is 12.7 Å². The van der Waals surface area contributed by atoms with Gasteiger partial charge in [-0.1, -0.05) is 0 Å². The van der Waals surface area contributed by atoms with Crippen molar-refractivity contribution in [3.8, 4) is 0 Å². The molecule has 0 aromatic heterocycles. The predicted molar refractivity (Wildman–Crippen MR) is 88.8 cm³/mol. The van der Waals surface area contributed by atoms with Crippen LogP contribution in [0.3, 0.4) is 0 Å². The summed E-state index contributed by atoms with van der Waals surface area (Å²) in [6.07, 6.45) is -5.46. The predicted octanol–water partition coefficient (Wildman–Crippen LogP) is -1.83. The molecule has 2 saturated heterocycles. The molecule has 2 fully saturated rings. The van der Waals surface area contributed by atoms with Gasteiger partial charge in [0.15, 0.2) is 18.4 Å². The first-order valence-corrected chi connectivity index (χ1v) is 8.17. The maximum Gasteiger partial charge on any atom is 0.340 e. The van der Waals surface area contributed by atoms with Crippen LogP contribution in [-0.2, 0) is 38.1 Å². The Morgan fingerprint density at radius 2 is 1.66 bits per heavy atom. The molecule has 0 bridgehead atoms. The number of nitrogens with zero attached hydrogens (tertiary/aromatic N) is 2. The minimum absolute atomic E-state index is 0.423. The molecule has 0 aromatic rings. The molecule has 2 aliphatic rings. The molecule has 2 rings (SSSR count). The van der Waals surface area contributed by atoms with Crippen LogP contribution in [0.25, 0.3) is 0 Å². The van der Waals surface area contributed by atoms with Crippen molar-refractivity contribution in [3.63, 3.8) is 0 Å². The summed E-state index contributed by atoms with van der Waals surface area (Å²) in [5.41, 5.74) is 4.96. The van der Waals surface area contributed by atoms with E-state index >= 15 is 0 Å².